The summed E-state index contributed by atoms with van der Waals surface area (Å²) in [7, 11) is -0.696. The number of guanidine groups is 1. The van der Waals surface area contributed by atoms with E-state index in [2.05, 4.69) is 23.6 Å². The van der Waals surface area contributed by atoms with Crippen molar-refractivity contribution in [1.29, 1.82) is 0 Å². The SMILES string of the molecule is CCNC(=NCCCc1ccccc1Cl)NC1CCCC(S(=O)CC)C1.I. The first-order valence-corrected chi connectivity index (χ1v) is 11.6. The first-order chi connectivity index (χ1) is 12.6. The number of benzene rings is 1. The molecule has 154 valence electrons. The summed E-state index contributed by atoms with van der Waals surface area (Å²) in [6.45, 7) is 5.69. The predicted molar refractivity (Wildman–Crippen MR) is 129 cm³/mol. The third-order valence-corrected chi connectivity index (χ3v) is 6.91. The van der Waals surface area contributed by atoms with Crippen LogP contribution in [0.2, 0.25) is 5.02 Å². The second kappa shape index (κ2) is 13.8. The fraction of sp³-hybridized carbons (Fsp3) is 0.650. The Bertz CT molecular complexity index is 615. The number of hydrogen-bond acceptors (Lipinski definition) is 2. The highest BCUT2D eigenvalue weighted by atomic mass is 127. The molecule has 1 fully saturated rings. The highest BCUT2D eigenvalue weighted by Crippen LogP contribution is 2.23. The Morgan fingerprint density at radius 1 is 1.30 bits per heavy atom. The zero-order valence-electron chi connectivity index (χ0n) is 16.4. The van der Waals surface area contributed by atoms with E-state index in [4.69, 9.17) is 16.6 Å². The predicted octanol–water partition coefficient (Wildman–Crippen LogP) is 4.53. The summed E-state index contributed by atoms with van der Waals surface area (Å²) in [5, 5.41) is 8.05. The first-order valence-electron chi connectivity index (χ1n) is 9.79. The third kappa shape index (κ3) is 8.69. The van der Waals surface area contributed by atoms with Crippen molar-refractivity contribution < 1.29 is 4.21 Å². The lowest BCUT2D eigenvalue weighted by atomic mass is 9.95. The van der Waals surface area contributed by atoms with E-state index in [1.807, 2.05) is 25.1 Å². The second-order valence-electron chi connectivity index (χ2n) is 6.75. The lowest BCUT2D eigenvalue weighted by molar-refractivity contribution is 0.413. The smallest absolute Gasteiger partial charge is 0.191 e. The van der Waals surface area contributed by atoms with Crippen LogP contribution in [0.4, 0.5) is 0 Å². The molecule has 0 amide bonds. The van der Waals surface area contributed by atoms with Crippen molar-refractivity contribution in [3.8, 4) is 0 Å². The molecule has 0 aliphatic heterocycles. The minimum atomic E-state index is -0.696. The Balaban J connectivity index is 0.00000364. The monoisotopic (exact) mass is 525 g/mol. The summed E-state index contributed by atoms with van der Waals surface area (Å²) in [6.07, 6.45) is 6.23. The fourth-order valence-corrected chi connectivity index (χ4v) is 5.00. The summed E-state index contributed by atoms with van der Waals surface area (Å²) in [6, 6.07) is 8.36. The Kier molecular flexibility index (Phi) is 12.6. The van der Waals surface area contributed by atoms with Crippen LogP contribution in [0.3, 0.4) is 0 Å². The van der Waals surface area contributed by atoms with Gasteiger partial charge in [0.2, 0.25) is 0 Å². The summed E-state index contributed by atoms with van der Waals surface area (Å²) in [5.74, 6) is 1.63. The topological polar surface area (TPSA) is 53.5 Å². The molecule has 1 aromatic carbocycles. The van der Waals surface area contributed by atoms with Crippen LogP contribution in [0.5, 0.6) is 0 Å². The van der Waals surface area contributed by atoms with Gasteiger partial charge in [0, 0.05) is 46.0 Å². The molecule has 27 heavy (non-hydrogen) atoms. The standard InChI is InChI=1S/C20H32ClN3OS.HI/c1-3-22-20(23-14-8-10-16-9-5-6-13-19(16)21)24-17-11-7-12-18(15-17)26(25)4-2;/h5-6,9,13,17-18H,3-4,7-8,10-12,14-15H2,1-2H3,(H2,22,23,24);1H. The maximum atomic E-state index is 12.1. The average Bonchev–Trinajstić information content (AvgIpc) is 2.66. The van der Waals surface area contributed by atoms with E-state index < -0.39 is 10.8 Å². The number of nitrogens with zero attached hydrogens (tertiary/aromatic N) is 1. The van der Waals surface area contributed by atoms with Crippen molar-refractivity contribution in [2.75, 3.05) is 18.8 Å². The number of aliphatic imine (C=N–C) groups is 1. The van der Waals surface area contributed by atoms with Gasteiger partial charge in [0.15, 0.2) is 5.96 Å². The summed E-state index contributed by atoms with van der Waals surface area (Å²) < 4.78 is 12.1. The summed E-state index contributed by atoms with van der Waals surface area (Å²) in [4.78, 5) is 4.72. The molecule has 0 aromatic heterocycles. The van der Waals surface area contributed by atoms with E-state index in [0.717, 1.165) is 68.3 Å². The Labute approximate surface area is 188 Å². The van der Waals surface area contributed by atoms with Gasteiger partial charge in [-0.05, 0) is 50.7 Å². The van der Waals surface area contributed by atoms with E-state index in [1.54, 1.807) is 0 Å². The van der Waals surface area contributed by atoms with Gasteiger partial charge in [-0.15, -0.1) is 24.0 Å². The molecule has 1 aliphatic carbocycles. The lowest BCUT2D eigenvalue weighted by Crippen LogP contribution is -2.46. The van der Waals surface area contributed by atoms with E-state index in [1.165, 1.54) is 5.56 Å². The Morgan fingerprint density at radius 3 is 2.78 bits per heavy atom. The number of hydrogen-bond donors (Lipinski definition) is 2. The van der Waals surface area contributed by atoms with Gasteiger partial charge in [-0.1, -0.05) is 43.1 Å². The van der Waals surface area contributed by atoms with Crippen molar-refractivity contribution >= 4 is 52.3 Å². The Morgan fingerprint density at radius 2 is 2.07 bits per heavy atom. The molecule has 0 bridgehead atoms. The molecule has 0 saturated heterocycles. The van der Waals surface area contributed by atoms with Crippen LogP contribution in [-0.2, 0) is 17.2 Å². The first kappa shape index (κ1) is 24.7. The van der Waals surface area contributed by atoms with Crippen LogP contribution in [0, 0.1) is 0 Å². The molecule has 1 aromatic rings. The molecule has 7 heteroatoms. The second-order valence-corrected chi connectivity index (χ2v) is 9.17. The van der Waals surface area contributed by atoms with Gasteiger partial charge in [-0.3, -0.25) is 9.20 Å². The summed E-state index contributed by atoms with van der Waals surface area (Å²) in [5.41, 5.74) is 1.18. The molecule has 0 spiro atoms. The van der Waals surface area contributed by atoms with Gasteiger partial charge < -0.3 is 10.6 Å². The maximum absolute atomic E-state index is 12.1. The van der Waals surface area contributed by atoms with Crippen molar-refractivity contribution in [2.45, 2.75) is 63.7 Å². The minimum absolute atomic E-state index is 0. The molecular formula is C20H33ClIN3OS. The van der Waals surface area contributed by atoms with Crippen LogP contribution in [0.1, 0.15) is 51.5 Å². The van der Waals surface area contributed by atoms with Crippen molar-refractivity contribution in [1.82, 2.24) is 10.6 Å². The van der Waals surface area contributed by atoms with E-state index in [-0.39, 0.29) is 24.0 Å². The zero-order valence-corrected chi connectivity index (χ0v) is 20.3. The molecule has 1 saturated carbocycles. The van der Waals surface area contributed by atoms with Crippen LogP contribution >= 0.6 is 35.6 Å². The number of nitrogens with one attached hydrogen (secondary N) is 2. The van der Waals surface area contributed by atoms with E-state index in [9.17, 15) is 4.21 Å². The molecular weight excluding hydrogens is 493 g/mol. The largest absolute Gasteiger partial charge is 0.357 e. The minimum Gasteiger partial charge on any atom is -0.357 e. The van der Waals surface area contributed by atoms with E-state index in [0.29, 0.717) is 11.3 Å². The van der Waals surface area contributed by atoms with Gasteiger partial charge in [0.1, 0.15) is 0 Å². The highest BCUT2D eigenvalue weighted by molar-refractivity contribution is 14.0. The van der Waals surface area contributed by atoms with Crippen molar-refractivity contribution in [2.24, 2.45) is 4.99 Å². The number of rotatable bonds is 8. The molecule has 4 nitrogen and oxygen atoms in total. The third-order valence-electron chi connectivity index (χ3n) is 4.80. The molecule has 3 unspecified atom stereocenters. The molecule has 1 aliphatic rings. The van der Waals surface area contributed by atoms with Crippen LogP contribution in [0.15, 0.2) is 29.3 Å². The molecule has 2 N–H and O–H groups in total. The van der Waals surface area contributed by atoms with Crippen LogP contribution in [0.25, 0.3) is 0 Å². The maximum Gasteiger partial charge on any atom is 0.191 e. The van der Waals surface area contributed by atoms with Gasteiger partial charge in [-0.25, -0.2) is 0 Å². The molecule has 0 heterocycles. The van der Waals surface area contributed by atoms with Gasteiger partial charge in [0.25, 0.3) is 0 Å². The number of aryl methyl sites for hydroxylation is 1. The lowest BCUT2D eigenvalue weighted by Gasteiger charge is -2.30. The average molecular weight is 526 g/mol. The van der Waals surface area contributed by atoms with Gasteiger partial charge in [-0.2, -0.15) is 0 Å². The molecule has 0 radical (unpaired) electrons. The van der Waals surface area contributed by atoms with Gasteiger partial charge in [0.05, 0.1) is 0 Å². The number of halogens is 2. The van der Waals surface area contributed by atoms with Gasteiger partial charge >= 0.3 is 0 Å². The quantitative estimate of drug-likeness (QED) is 0.227. The Hall–Kier alpha value is -0.340. The zero-order chi connectivity index (χ0) is 18.8. The van der Waals surface area contributed by atoms with Crippen LogP contribution in [-0.4, -0.2) is 40.3 Å². The molecule has 2 rings (SSSR count). The normalized spacial score (nSPS) is 21.2. The van der Waals surface area contributed by atoms with Crippen molar-refractivity contribution in [3.63, 3.8) is 0 Å². The van der Waals surface area contributed by atoms with Crippen LogP contribution < -0.4 is 10.6 Å². The molecule has 3 atom stereocenters. The van der Waals surface area contributed by atoms with Crippen molar-refractivity contribution in [3.05, 3.63) is 34.9 Å². The fourth-order valence-electron chi connectivity index (χ4n) is 3.43. The van der Waals surface area contributed by atoms with E-state index >= 15 is 0 Å². The summed E-state index contributed by atoms with van der Waals surface area (Å²) >= 11 is 6.21. The highest BCUT2D eigenvalue weighted by Gasteiger charge is 2.25.